The Morgan fingerprint density at radius 3 is 2.95 bits per heavy atom. The number of halogens is 1. The molecule has 0 atom stereocenters. The van der Waals surface area contributed by atoms with Gasteiger partial charge in [-0.25, -0.2) is 4.99 Å². The first kappa shape index (κ1) is 16.1. The van der Waals surface area contributed by atoms with Crippen molar-refractivity contribution in [1.82, 2.24) is 0 Å². The second kappa shape index (κ2) is 7.15. The third kappa shape index (κ3) is 4.36. The summed E-state index contributed by atoms with van der Waals surface area (Å²) in [5.41, 5.74) is 0.876. The first-order valence-corrected chi connectivity index (χ1v) is 8.52. The van der Waals surface area contributed by atoms with E-state index in [1.807, 2.05) is 6.26 Å². The Kier molecular flexibility index (Phi) is 5.49. The molecule has 0 fully saturated rings. The third-order valence-electron chi connectivity index (χ3n) is 2.39. The number of benzene rings is 1. The van der Waals surface area contributed by atoms with E-state index in [1.54, 1.807) is 24.3 Å². The predicted molar refractivity (Wildman–Crippen MR) is 86.2 cm³/mol. The van der Waals surface area contributed by atoms with Crippen molar-refractivity contribution in [3.63, 3.8) is 0 Å². The van der Waals surface area contributed by atoms with Gasteiger partial charge in [0.1, 0.15) is 22.4 Å². The van der Waals surface area contributed by atoms with Gasteiger partial charge in [-0.15, -0.1) is 11.8 Å². The molecule has 5 nitrogen and oxygen atoms in total. The highest BCUT2D eigenvalue weighted by Crippen LogP contribution is 2.32. The summed E-state index contributed by atoms with van der Waals surface area (Å²) in [6, 6.07) is 5.06. The molecule has 8 heteroatoms. The quantitative estimate of drug-likeness (QED) is 0.735. The Morgan fingerprint density at radius 1 is 1.57 bits per heavy atom. The smallest absolute Gasteiger partial charge is 0.244 e. The van der Waals surface area contributed by atoms with Gasteiger partial charge >= 0.3 is 0 Å². The van der Waals surface area contributed by atoms with E-state index in [2.05, 4.69) is 20.9 Å². The van der Waals surface area contributed by atoms with Crippen LogP contribution in [0.2, 0.25) is 0 Å². The highest BCUT2D eigenvalue weighted by atomic mass is 79.9. The van der Waals surface area contributed by atoms with E-state index in [9.17, 15) is 14.7 Å². The highest BCUT2D eigenvalue weighted by Gasteiger charge is 2.21. The van der Waals surface area contributed by atoms with Gasteiger partial charge in [-0.3, -0.25) is 4.79 Å². The molecule has 1 aliphatic rings. The van der Waals surface area contributed by atoms with Gasteiger partial charge < -0.3 is 14.6 Å². The van der Waals surface area contributed by atoms with Gasteiger partial charge in [-0.2, -0.15) is 0 Å². The van der Waals surface area contributed by atoms with Crippen molar-refractivity contribution in [2.75, 3.05) is 12.9 Å². The Balaban J connectivity index is 2.34. The summed E-state index contributed by atoms with van der Waals surface area (Å²) >= 11 is 5.79. The molecule has 0 saturated carbocycles. The van der Waals surface area contributed by atoms with Gasteiger partial charge in [0, 0.05) is 10.0 Å². The molecule has 0 aliphatic carbocycles. The molecule has 2 rings (SSSR count). The van der Waals surface area contributed by atoms with Crippen LogP contribution in [0, 0.1) is 0 Å². The monoisotopic (exact) mass is 386 g/mol. The normalized spacial score (nSPS) is 16.2. The lowest BCUT2D eigenvalue weighted by molar-refractivity contribution is -0.307. The molecule has 1 aliphatic heterocycles. The van der Waals surface area contributed by atoms with E-state index >= 15 is 0 Å². The van der Waals surface area contributed by atoms with Crippen LogP contribution in [0.5, 0.6) is 5.75 Å². The maximum Gasteiger partial charge on any atom is 0.244 e. The summed E-state index contributed by atoms with van der Waals surface area (Å²) in [6.45, 7) is -0.556. The van der Waals surface area contributed by atoms with E-state index in [0.717, 1.165) is 16.2 Å². The first-order chi connectivity index (χ1) is 9.99. The summed E-state index contributed by atoms with van der Waals surface area (Å²) < 4.78 is 6.61. The topological polar surface area (TPSA) is 78.8 Å². The van der Waals surface area contributed by atoms with E-state index < -0.39 is 12.6 Å². The minimum Gasteiger partial charge on any atom is -0.546 e. The predicted octanol–water partition coefficient (Wildman–Crippen LogP) is 1.91. The Labute approximate surface area is 138 Å². The molecular weight excluding hydrogens is 378 g/mol. The number of hydrogen-bond acceptors (Lipinski definition) is 7. The molecule has 0 aromatic heterocycles. The number of carboxylic acids is 1. The lowest BCUT2D eigenvalue weighted by Gasteiger charge is -2.10. The second-order valence-electron chi connectivity index (χ2n) is 3.84. The van der Waals surface area contributed by atoms with Crippen LogP contribution in [-0.4, -0.2) is 28.3 Å². The standard InChI is InChI=1S/C13H10BrNO4S2/c1-20-13-15-9(12(18)21-13)5-7-4-8(14)2-3-10(7)19-6-11(16)17/h2-5H,6H2,1H3,(H,16,17)/p-1/b9-5+. The van der Waals surface area contributed by atoms with E-state index in [-0.39, 0.29) is 5.12 Å². The molecule has 1 aromatic carbocycles. The fourth-order valence-electron chi connectivity index (χ4n) is 1.52. The third-order valence-corrected chi connectivity index (χ3v) is 4.73. The van der Waals surface area contributed by atoms with Gasteiger partial charge in [0.2, 0.25) is 5.12 Å². The maximum absolute atomic E-state index is 11.8. The van der Waals surface area contributed by atoms with E-state index in [0.29, 0.717) is 21.4 Å². The van der Waals surface area contributed by atoms with Crippen LogP contribution >= 0.6 is 39.5 Å². The van der Waals surface area contributed by atoms with Crippen LogP contribution in [0.15, 0.2) is 33.4 Å². The van der Waals surface area contributed by atoms with E-state index in [1.165, 1.54) is 11.8 Å². The zero-order valence-electron chi connectivity index (χ0n) is 10.8. The number of nitrogens with zero attached hydrogens (tertiary/aromatic N) is 1. The van der Waals surface area contributed by atoms with Crippen LogP contribution in [0.1, 0.15) is 5.56 Å². The summed E-state index contributed by atoms with van der Waals surface area (Å²) in [5.74, 6) is -0.966. The Morgan fingerprint density at radius 2 is 2.33 bits per heavy atom. The number of ether oxygens (including phenoxy) is 1. The SMILES string of the molecule is CSC1=N/C(=C/c2cc(Br)ccc2OCC(=O)[O-])C(=O)S1. The molecule has 0 bridgehead atoms. The fraction of sp³-hybridized carbons (Fsp3) is 0.154. The largest absolute Gasteiger partial charge is 0.546 e. The molecule has 0 spiro atoms. The maximum atomic E-state index is 11.8. The first-order valence-electron chi connectivity index (χ1n) is 5.68. The molecule has 110 valence electrons. The molecule has 0 unspecified atom stereocenters. The molecule has 0 N–H and O–H groups in total. The summed E-state index contributed by atoms with van der Waals surface area (Å²) in [5, 5.41) is 10.3. The van der Waals surface area contributed by atoms with Crippen LogP contribution in [0.25, 0.3) is 6.08 Å². The molecule has 1 heterocycles. The fourth-order valence-corrected chi connectivity index (χ4v) is 3.16. The van der Waals surface area contributed by atoms with Gasteiger partial charge in [0.05, 0.1) is 5.97 Å². The second-order valence-corrected chi connectivity index (χ2v) is 6.77. The number of aliphatic carboxylic acids is 1. The molecule has 0 amide bonds. The Hall–Kier alpha value is -1.25. The lowest BCUT2D eigenvalue weighted by Crippen LogP contribution is -2.29. The van der Waals surface area contributed by atoms with Crippen molar-refractivity contribution in [2.45, 2.75) is 0 Å². The average Bonchev–Trinajstić information content (AvgIpc) is 2.78. The van der Waals surface area contributed by atoms with Gasteiger partial charge in [0.15, 0.2) is 0 Å². The van der Waals surface area contributed by atoms with E-state index in [4.69, 9.17) is 4.74 Å². The van der Waals surface area contributed by atoms with Gasteiger partial charge in [-0.05, 0) is 42.3 Å². The molecule has 21 heavy (non-hydrogen) atoms. The van der Waals surface area contributed by atoms with Gasteiger partial charge in [0.25, 0.3) is 0 Å². The Bertz CT molecular complexity index is 658. The number of hydrogen-bond donors (Lipinski definition) is 0. The summed E-state index contributed by atoms with van der Waals surface area (Å²) in [7, 11) is 0. The number of thioether (sulfide) groups is 2. The van der Waals surface area contributed by atoms with Crippen LogP contribution in [-0.2, 0) is 9.59 Å². The average molecular weight is 387 g/mol. The van der Waals surface area contributed by atoms with Crippen molar-refractivity contribution in [3.05, 3.63) is 33.9 Å². The number of aliphatic imine (C=N–C) groups is 1. The van der Waals surface area contributed by atoms with Crippen molar-refractivity contribution < 1.29 is 19.4 Å². The minimum absolute atomic E-state index is 0.148. The molecule has 0 saturated heterocycles. The zero-order chi connectivity index (χ0) is 15.4. The lowest BCUT2D eigenvalue weighted by atomic mass is 10.1. The van der Waals surface area contributed by atoms with Crippen LogP contribution < -0.4 is 9.84 Å². The van der Waals surface area contributed by atoms with Gasteiger partial charge in [-0.1, -0.05) is 15.9 Å². The number of rotatable bonds is 4. The molecular formula is C13H9BrNO4S2-. The number of carbonyl (C=O) groups is 2. The number of carboxylic acid groups (broad SMARTS) is 1. The molecule has 0 radical (unpaired) electrons. The summed E-state index contributed by atoms with van der Waals surface area (Å²) in [6.07, 6.45) is 3.42. The zero-order valence-corrected chi connectivity index (χ0v) is 14.0. The highest BCUT2D eigenvalue weighted by molar-refractivity contribution is 9.10. The van der Waals surface area contributed by atoms with Crippen LogP contribution in [0.3, 0.4) is 0 Å². The number of carbonyl (C=O) groups excluding carboxylic acids is 2. The van der Waals surface area contributed by atoms with Crippen LogP contribution in [0.4, 0.5) is 0 Å². The van der Waals surface area contributed by atoms with Crippen molar-refractivity contribution in [3.8, 4) is 5.75 Å². The van der Waals surface area contributed by atoms with Crippen molar-refractivity contribution in [1.29, 1.82) is 0 Å². The molecule has 1 aromatic rings. The van der Waals surface area contributed by atoms with Crippen molar-refractivity contribution >= 4 is 61.0 Å². The minimum atomic E-state index is -1.31. The summed E-state index contributed by atoms with van der Waals surface area (Å²) in [4.78, 5) is 26.5. The van der Waals surface area contributed by atoms with Crippen molar-refractivity contribution in [2.24, 2.45) is 4.99 Å².